The molecule has 0 radical (unpaired) electrons. The third-order valence-corrected chi connectivity index (χ3v) is 9.81. The van der Waals surface area contributed by atoms with Gasteiger partial charge in [0.1, 0.15) is 0 Å². The van der Waals surface area contributed by atoms with Gasteiger partial charge in [-0.1, -0.05) is 62.6 Å². The molecule has 1 aromatic carbocycles. The van der Waals surface area contributed by atoms with Crippen molar-refractivity contribution in [1.29, 1.82) is 0 Å². The standard InChI is InChI=1S/C33H48F2/c1-3-7-25-10-12-26(13-11-25)8-5-6-9-30-22-23-31(33(35)32(30)34)29-20-18-28(19-21-29)27-16-14-24(4-2)15-17-27/h3,5,7-8,22-29H,4,6,9-21H2,1-2H3/b7-3+,8-5+. The monoisotopic (exact) mass is 482 g/mol. The Hall–Kier alpha value is -1.44. The molecular formula is C33H48F2. The Bertz CT molecular complexity index is 829. The van der Waals surface area contributed by atoms with Crippen LogP contribution in [0, 0.1) is 41.2 Å². The van der Waals surface area contributed by atoms with E-state index in [9.17, 15) is 4.39 Å². The molecule has 3 aliphatic carbocycles. The second-order valence-corrected chi connectivity index (χ2v) is 11.9. The summed E-state index contributed by atoms with van der Waals surface area (Å²) in [6.45, 7) is 4.42. The van der Waals surface area contributed by atoms with E-state index >= 15 is 4.39 Å². The van der Waals surface area contributed by atoms with Crippen molar-refractivity contribution >= 4 is 0 Å². The average Bonchev–Trinajstić information content (AvgIpc) is 2.90. The van der Waals surface area contributed by atoms with Crippen molar-refractivity contribution in [3.63, 3.8) is 0 Å². The fraction of sp³-hybridized carbons (Fsp3) is 0.697. The molecule has 0 N–H and O–H groups in total. The van der Waals surface area contributed by atoms with E-state index in [1.165, 1.54) is 70.6 Å². The average molecular weight is 483 g/mol. The molecule has 0 aliphatic heterocycles. The van der Waals surface area contributed by atoms with Gasteiger partial charge >= 0.3 is 0 Å². The molecule has 0 amide bonds. The molecule has 0 atom stereocenters. The van der Waals surface area contributed by atoms with Gasteiger partial charge in [0, 0.05) is 0 Å². The molecule has 35 heavy (non-hydrogen) atoms. The summed E-state index contributed by atoms with van der Waals surface area (Å²) < 4.78 is 30.0. The molecule has 194 valence electrons. The van der Waals surface area contributed by atoms with Gasteiger partial charge in [-0.2, -0.15) is 0 Å². The number of hydrogen-bond acceptors (Lipinski definition) is 0. The van der Waals surface area contributed by atoms with E-state index in [1.807, 2.05) is 12.1 Å². The van der Waals surface area contributed by atoms with Gasteiger partial charge in [-0.05, 0) is 131 Å². The minimum atomic E-state index is -0.595. The number of aryl methyl sites for hydroxylation is 1. The highest BCUT2D eigenvalue weighted by atomic mass is 19.2. The quantitative estimate of drug-likeness (QED) is 0.323. The first-order valence-corrected chi connectivity index (χ1v) is 14.8. The lowest BCUT2D eigenvalue weighted by Gasteiger charge is -2.38. The van der Waals surface area contributed by atoms with Gasteiger partial charge < -0.3 is 0 Å². The molecule has 3 aliphatic rings. The molecule has 0 bridgehead atoms. The summed E-state index contributed by atoms with van der Waals surface area (Å²) in [5.74, 6) is 3.05. The normalized spacial score (nSPS) is 32.5. The molecular weight excluding hydrogens is 434 g/mol. The first kappa shape index (κ1) is 26.6. The summed E-state index contributed by atoms with van der Waals surface area (Å²) in [5.41, 5.74) is 1.17. The third kappa shape index (κ3) is 7.07. The maximum Gasteiger partial charge on any atom is 0.162 e. The van der Waals surface area contributed by atoms with Crippen LogP contribution in [0.3, 0.4) is 0 Å². The van der Waals surface area contributed by atoms with E-state index in [1.54, 1.807) is 0 Å². The van der Waals surface area contributed by atoms with Gasteiger partial charge in [0.2, 0.25) is 0 Å². The zero-order valence-corrected chi connectivity index (χ0v) is 22.3. The molecule has 0 spiro atoms. The predicted octanol–water partition coefficient (Wildman–Crippen LogP) is 10.3. The van der Waals surface area contributed by atoms with Crippen molar-refractivity contribution in [3.8, 4) is 0 Å². The Labute approximate surface area is 213 Å². The summed E-state index contributed by atoms with van der Waals surface area (Å²) in [6, 6.07) is 3.76. The van der Waals surface area contributed by atoms with Crippen LogP contribution in [0.15, 0.2) is 36.4 Å². The van der Waals surface area contributed by atoms with Crippen LogP contribution < -0.4 is 0 Å². The van der Waals surface area contributed by atoms with Crippen molar-refractivity contribution in [2.75, 3.05) is 0 Å². The highest BCUT2D eigenvalue weighted by molar-refractivity contribution is 5.30. The van der Waals surface area contributed by atoms with E-state index in [-0.39, 0.29) is 5.92 Å². The Morgan fingerprint density at radius 3 is 1.94 bits per heavy atom. The van der Waals surface area contributed by atoms with Crippen molar-refractivity contribution in [2.45, 2.75) is 116 Å². The maximum atomic E-state index is 15.1. The molecule has 4 rings (SSSR count). The van der Waals surface area contributed by atoms with Gasteiger partial charge in [-0.25, -0.2) is 8.78 Å². The minimum absolute atomic E-state index is 0.194. The summed E-state index contributed by atoms with van der Waals surface area (Å²) in [5, 5.41) is 0. The molecule has 0 nitrogen and oxygen atoms in total. The van der Waals surface area contributed by atoms with Gasteiger partial charge in [0.25, 0.3) is 0 Å². The highest BCUT2D eigenvalue weighted by Crippen LogP contribution is 2.45. The lowest BCUT2D eigenvalue weighted by Crippen LogP contribution is -2.25. The topological polar surface area (TPSA) is 0 Å². The van der Waals surface area contributed by atoms with Crippen LogP contribution in [0.2, 0.25) is 0 Å². The van der Waals surface area contributed by atoms with E-state index in [0.717, 1.165) is 42.9 Å². The summed E-state index contributed by atoms with van der Waals surface area (Å²) in [4.78, 5) is 0. The van der Waals surface area contributed by atoms with Crippen LogP contribution in [0.4, 0.5) is 8.78 Å². The number of hydrogen-bond donors (Lipinski definition) is 0. The zero-order chi connectivity index (χ0) is 24.6. The van der Waals surface area contributed by atoms with Crippen LogP contribution >= 0.6 is 0 Å². The van der Waals surface area contributed by atoms with E-state index in [2.05, 4.69) is 38.2 Å². The highest BCUT2D eigenvalue weighted by Gasteiger charge is 2.32. The molecule has 3 saturated carbocycles. The second-order valence-electron chi connectivity index (χ2n) is 11.9. The molecule has 3 fully saturated rings. The molecule has 0 aromatic heterocycles. The Kier molecular flexibility index (Phi) is 10.0. The third-order valence-electron chi connectivity index (χ3n) is 9.81. The molecule has 1 aromatic rings. The summed E-state index contributed by atoms with van der Waals surface area (Å²) in [7, 11) is 0. The van der Waals surface area contributed by atoms with Crippen molar-refractivity contribution in [3.05, 3.63) is 59.2 Å². The fourth-order valence-electron chi connectivity index (χ4n) is 7.41. The van der Waals surface area contributed by atoms with E-state index < -0.39 is 11.6 Å². The summed E-state index contributed by atoms with van der Waals surface area (Å²) >= 11 is 0. The lowest BCUT2D eigenvalue weighted by molar-refractivity contribution is 0.158. The van der Waals surface area contributed by atoms with Crippen LogP contribution in [0.25, 0.3) is 0 Å². The summed E-state index contributed by atoms with van der Waals surface area (Å²) in [6.07, 6.45) is 26.7. The largest absolute Gasteiger partial charge is 0.203 e. The van der Waals surface area contributed by atoms with Crippen LogP contribution in [0.1, 0.15) is 121 Å². The van der Waals surface area contributed by atoms with Gasteiger partial charge in [0.15, 0.2) is 11.6 Å². The zero-order valence-electron chi connectivity index (χ0n) is 22.3. The Morgan fingerprint density at radius 2 is 1.34 bits per heavy atom. The van der Waals surface area contributed by atoms with Crippen LogP contribution in [0.5, 0.6) is 0 Å². The van der Waals surface area contributed by atoms with Gasteiger partial charge in [0.05, 0.1) is 0 Å². The second kappa shape index (κ2) is 13.2. The first-order chi connectivity index (χ1) is 17.1. The first-order valence-electron chi connectivity index (χ1n) is 14.8. The Balaban J connectivity index is 1.24. The van der Waals surface area contributed by atoms with Crippen molar-refractivity contribution in [1.82, 2.24) is 0 Å². The van der Waals surface area contributed by atoms with Crippen molar-refractivity contribution in [2.24, 2.45) is 29.6 Å². The molecule has 0 heterocycles. The molecule has 0 unspecified atom stereocenters. The number of rotatable bonds is 8. The van der Waals surface area contributed by atoms with E-state index in [4.69, 9.17) is 0 Å². The number of allylic oxidation sites excluding steroid dienone is 4. The van der Waals surface area contributed by atoms with Gasteiger partial charge in [-0.15, -0.1) is 0 Å². The minimum Gasteiger partial charge on any atom is -0.203 e. The molecule has 0 saturated heterocycles. The van der Waals surface area contributed by atoms with Crippen molar-refractivity contribution < 1.29 is 8.78 Å². The predicted molar refractivity (Wildman–Crippen MR) is 145 cm³/mol. The lowest BCUT2D eigenvalue weighted by atomic mass is 9.68. The Morgan fingerprint density at radius 1 is 0.743 bits per heavy atom. The van der Waals surface area contributed by atoms with E-state index in [0.29, 0.717) is 23.5 Å². The SMILES string of the molecule is C/C=C/C1CCC(/C=C/CCc2ccc(C3CCC(C4CCC(CC)CC4)CC3)c(F)c2F)CC1. The van der Waals surface area contributed by atoms with Crippen LogP contribution in [-0.4, -0.2) is 0 Å². The molecule has 2 heteroatoms. The maximum absolute atomic E-state index is 15.1. The number of halogens is 2. The number of benzene rings is 1. The fourth-order valence-corrected chi connectivity index (χ4v) is 7.41. The van der Waals surface area contributed by atoms with Crippen LogP contribution in [-0.2, 0) is 6.42 Å². The smallest absolute Gasteiger partial charge is 0.162 e. The van der Waals surface area contributed by atoms with Gasteiger partial charge in [-0.3, -0.25) is 0 Å².